The molecule has 6 heteroatoms. The Morgan fingerprint density at radius 3 is 1.36 bits per heavy atom. The van der Waals surface area contributed by atoms with E-state index >= 15 is 0 Å². The van der Waals surface area contributed by atoms with Gasteiger partial charge in [-0.25, -0.2) is 0 Å². The second kappa shape index (κ2) is 13.3. The molecule has 6 nitrogen and oxygen atoms in total. The fraction of sp³-hybridized carbons (Fsp3) is 0.333. The normalized spacial score (nSPS) is 10.7. The van der Waals surface area contributed by atoms with Crippen LogP contribution in [0.25, 0.3) is 0 Å². The highest BCUT2D eigenvalue weighted by molar-refractivity contribution is 6.07. The molecule has 0 radical (unpaired) electrons. The first kappa shape index (κ1) is 26.8. The summed E-state index contributed by atoms with van der Waals surface area (Å²) in [7, 11) is 0. The first-order valence-corrected chi connectivity index (χ1v) is 12.8. The summed E-state index contributed by atoms with van der Waals surface area (Å²) in [5, 5.41) is 26.7. The van der Waals surface area contributed by atoms with Gasteiger partial charge in [0, 0.05) is 11.4 Å². The molecule has 0 aromatic heterocycles. The lowest BCUT2D eigenvalue weighted by Gasteiger charge is -2.12. The number of para-hydroxylation sites is 2. The number of unbranched alkanes of at least 4 members (excludes halogenated alkanes) is 4. The number of hydrogen-bond acceptors (Lipinski definition) is 4. The number of anilines is 2. The molecule has 0 saturated heterocycles. The average molecular weight is 489 g/mol. The van der Waals surface area contributed by atoms with Crippen LogP contribution >= 0.6 is 0 Å². The summed E-state index contributed by atoms with van der Waals surface area (Å²) < 4.78 is 0. The van der Waals surface area contributed by atoms with Gasteiger partial charge in [-0.05, 0) is 73.2 Å². The van der Waals surface area contributed by atoms with Crippen molar-refractivity contribution in [2.45, 2.75) is 65.2 Å². The Morgan fingerprint density at radius 1 is 0.611 bits per heavy atom. The van der Waals surface area contributed by atoms with Crippen LogP contribution in [0.15, 0.2) is 60.7 Å². The Hall–Kier alpha value is -3.80. The molecule has 0 aliphatic rings. The molecule has 36 heavy (non-hydrogen) atoms. The third-order valence-electron chi connectivity index (χ3n) is 6.23. The summed E-state index contributed by atoms with van der Waals surface area (Å²) in [6, 6.07) is 17.2. The number of carbonyl (C=O) groups excluding carboxylic acids is 2. The third kappa shape index (κ3) is 7.11. The fourth-order valence-electron chi connectivity index (χ4n) is 4.12. The molecule has 0 spiro atoms. The molecule has 0 unspecified atom stereocenters. The van der Waals surface area contributed by atoms with Crippen molar-refractivity contribution >= 4 is 23.2 Å². The minimum absolute atomic E-state index is 0.0201. The lowest BCUT2D eigenvalue weighted by molar-refractivity contribution is 0.101. The minimum Gasteiger partial charge on any atom is -0.507 e. The number of phenolic OH excluding ortho intramolecular Hbond substituents is 2. The molecule has 0 aliphatic carbocycles. The Kier molecular flexibility index (Phi) is 9.92. The Bertz CT molecular complexity index is 1080. The molecule has 4 N–H and O–H groups in total. The van der Waals surface area contributed by atoms with Crippen LogP contribution in [0.1, 0.15) is 84.2 Å². The van der Waals surface area contributed by atoms with E-state index in [1.807, 2.05) is 12.1 Å². The third-order valence-corrected chi connectivity index (χ3v) is 6.23. The predicted molar refractivity (Wildman–Crippen MR) is 145 cm³/mol. The maximum absolute atomic E-state index is 12.8. The molecule has 0 bridgehead atoms. The summed E-state index contributed by atoms with van der Waals surface area (Å²) in [6.45, 7) is 4.24. The summed E-state index contributed by atoms with van der Waals surface area (Å²) in [4.78, 5) is 25.5. The average Bonchev–Trinajstić information content (AvgIpc) is 2.87. The Balaban J connectivity index is 1.63. The van der Waals surface area contributed by atoms with E-state index in [0.29, 0.717) is 11.4 Å². The van der Waals surface area contributed by atoms with Gasteiger partial charge >= 0.3 is 0 Å². The van der Waals surface area contributed by atoms with Crippen molar-refractivity contribution in [3.05, 3.63) is 82.9 Å². The van der Waals surface area contributed by atoms with E-state index in [1.165, 1.54) is 0 Å². The van der Waals surface area contributed by atoms with Crippen molar-refractivity contribution in [3.63, 3.8) is 0 Å². The maximum atomic E-state index is 12.8. The zero-order valence-corrected chi connectivity index (χ0v) is 21.1. The van der Waals surface area contributed by atoms with Crippen LogP contribution in [0, 0.1) is 0 Å². The van der Waals surface area contributed by atoms with Gasteiger partial charge in [-0.1, -0.05) is 63.8 Å². The van der Waals surface area contributed by atoms with Crippen LogP contribution in [0.2, 0.25) is 0 Å². The zero-order valence-electron chi connectivity index (χ0n) is 21.1. The van der Waals surface area contributed by atoms with Gasteiger partial charge in [0.25, 0.3) is 11.8 Å². The molecule has 3 aromatic rings. The largest absolute Gasteiger partial charge is 0.507 e. The van der Waals surface area contributed by atoms with Crippen molar-refractivity contribution in [2.75, 3.05) is 10.6 Å². The summed E-state index contributed by atoms with van der Waals surface area (Å²) >= 11 is 0. The van der Waals surface area contributed by atoms with Gasteiger partial charge in [0.15, 0.2) is 0 Å². The number of amides is 2. The van der Waals surface area contributed by atoms with Gasteiger partial charge in [0.05, 0.1) is 11.1 Å². The molecule has 0 aliphatic heterocycles. The topological polar surface area (TPSA) is 98.7 Å². The fourth-order valence-corrected chi connectivity index (χ4v) is 4.12. The van der Waals surface area contributed by atoms with Crippen molar-refractivity contribution in [2.24, 2.45) is 0 Å². The second-order valence-corrected chi connectivity index (χ2v) is 9.03. The van der Waals surface area contributed by atoms with Gasteiger partial charge in [-0.15, -0.1) is 0 Å². The monoisotopic (exact) mass is 488 g/mol. The number of phenols is 2. The van der Waals surface area contributed by atoms with Crippen LogP contribution in [0.4, 0.5) is 11.4 Å². The Labute approximate surface area is 213 Å². The zero-order chi connectivity index (χ0) is 25.9. The first-order valence-electron chi connectivity index (χ1n) is 12.8. The summed E-state index contributed by atoms with van der Waals surface area (Å²) in [5.41, 5.74) is 3.08. The molecule has 0 atom stereocenters. The van der Waals surface area contributed by atoms with Gasteiger partial charge in [0.1, 0.15) is 11.5 Å². The van der Waals surface area contributed by atoms with Gasteiger partial charge < -0.3 is 20.8 Å². The minimum atomic E-state index is -0.397. The smallest absolute Gasteiger partial charge is 0.259 e. The number of hydrogen-bond donors (Lipinski definition) is 4. The second-order valence-electron chi connectivity index (χ2n) is 9.03. The molecular formula is C30H36N2O4. The predicted octanol–water partition coefficient (Wildman–Crippen LogP) is 7.07. The summed E-state index contributed by atoms with van der Waals surface area (Å²) in [6.07, 6.45) is 7.70. The highest BCUT2D eigenvalue weighted by Crippen LogP contribution is 2.27. The number of aryl methyl sites for hydroxylation is 2. The van der Waals surface area contributed by atoms with Crippen molar-refractivity contribution in [1.29, 1.82) is 0 Å². The molecule has 3 aromatic carbocycles. The van der Waals surface area contributed by atoms with E-state index in [2.05, 4.69) is 24.5 Å². The molecule has 190 valence electrons. The van der Waals surface area contributed by atoms with Crippen LogP contribution in [0.5, 0.6) is 11.5 Å². The molecule has 0 saturated carbocycles. The van der Waals surface area contributed by atoms with Crippen LogP contribution < -0.4 is 10.6 Å². The molecule has 0 heterocycles. The quantitative estimate of drug-likeness (QED) is 0.205. The van der Waals surface area contributed by atoms with Crippen molar-refractivity contribution in [1.82, 2.24) is 0 Å². The van der Waals surface area contributed by atoms with E-state index in [9.17, 15) is 19.8 Å². The lowest BCUT2D eigenvalue weighted by Crippen LogP contribution is -2.14. The van der Waals surface area contributed by atoms with E-state index < -0.39 is 11.8 Å². The van der Waals surface area contributed by atoms with Crippen molar-refractivity contribution < 1.29 is 19.8 Å². The van der Waals surface area contributed by atoms with Gasteiger partial charge in [-0.3, -0.25) is 9.59 Å². The highest BCUT2D eigenvalue weighted by atomic mass is 16.3. The number of aromatic hydroxyl groups is 2. The highest BCUT2D eigenvalue weighted by Gasteiger charge is 2.16. The van der Waals surface area contributed by atoms with Crippen molar-refractivity contribution in [3.8, 4) is 11.5 Å². The number of rotatable bonds is 12. The van der Waals surface area contributed by atoms with E-state index in [0.717, 1.165) is 62.5 Å². The van der Waals surface area contributed by atoms with Crippen LogP contribution in [-0.4, -0.2) is 22.0 Å². The van der Waals surface area contributed by atoms with Crippen LogP contribution in [0.3, 0.4) is 0 Å². The SMILES string of the molecule is CCCCCc1cccc(C(=O)Nc2ccc(NC(=O)c3cccc(CCCCC)c3O)cc2)c1O. The number of carbonyl (C=O) groups is 2. The molecular weight excluding hydrogens is 452 g/mol. The van der Waals surface area contributed by atoms with E-state index in [-0.39, 0.29) is 22.6 Å². The Morgan fingerprint density at radius 2 is 1.00 bits per heavy atom. The van der Waals surface area contributed by atoms with E-state index in [4.69, 9.17) is 0 Å². The first-order chi connectivity index (χ1) is 17.4. The standard InChI is InChI=1S/C30H36N2O4/c1-3-5-7-11-21-13-9-15-25(27(21)33)29(35)31-23-17-19-24(20-18-23)32-30(36)26-16-10-14-22(28(26)34)12-8-6-4-2/h9-10,13-20,33-34H,3-8,11-12H2,1-2H3,(H,31,35)(H,32,36). The molecule has 0 fully saturated rings. The number of nitrogens with one attached hydrogen (secondary N) is 2. The van der Waals surface area contributed by atoms with E-state index in [1.54, 1.807) is 48.5 Å². The summed E-state index contributed by atoms with van der Waals surface area (Å²) in [5.74, 6) is -0.753. The number of benzene rings is 3. The van der Waals surface area contributed by atoms with Gasteiger partial charge in [-0.2, -0.15) is 0 Å². The lowest BCUT2D eigenvalue weighted by atomic mass is 10.0. The molecule has 2 amide bonds. The maximum Gasteiger partial charge on any atom is 0.259 e. The molecule has 3 rings (SSSR count). The van der Waals surface area contributed by atoms with Crippen LogP contribution in [-0.2, 0) is 12.8 Å². The van der Waals surface area contributed by atoms with Gasteiger partial charge in [0.2, 0.25) is 0 Å².